The number of nitrogens with one attached hydrogen (secondary N) is 1. The number of hydrogen-bond acceptors (Lipinski definition) is 4. The van der Waals surface area contributed by atoms with E-state index in [0.717, 1.165) is 13.0 Å². The van der Waals surface area contributed by atoms with Gasteiger partial charge >= 0.3 is 0 Å². The molecule has 0 unspecified atom stereocenters. The molecule has 0 fully saturated rings. The first kappa shape index (κ1) is 11.7. The van der Waals surface area contributed by atoms with Crippen molar-refractivity contribution in [1.29, 1.82) is 0 Å². The summed E-state index contributed by atoms with van der Waals surface area (Å²) in [6.45, 7) is 3.17. The molecule has 4 heteroatoms. The largest absolute Gasteiger partial charge is 0.394 e. The van der Waals surface area contributed by atoms with Crippen molar-refractivity contribution in [2.45, 2.75) is 26.0 Å². The van der Waals surface area contributed by atoms with Gasteiger partial charge in [-0.15, -0.1) is 11.3 Å². The molecule has 0 aromatic carbocycles. The predicted molar refractivity (Wildman–Crippen MR) is 58.5 cm³/mol. The topological polar surface area (TPSA) is 52.5 Å². The molecule has 1 rings (SSSR count). The average Bonchev–Trinajstić information content (AvgIpc) is 2.65. The summed E-state index contributed by atoms with van der Waals surface area (Å²) >= 11 is 1.73. The minimum Gasteiger partial charge on any atom is -0.394 e. The number of rotatable bonds is 6. The molecule has 0 bridgehead atoms. The molecule has 0 aliphatic heterocycles. The first-order valence-corrected chi connectivity index (χ1v) is 5.70. The van der Waals surface area contributed by atoms with Crippen LogP contribution in [0.15, 0.2) is 11.4 Å². The molecule has 1 heterocycles. The van der Waals surface area contributed by atoms with Crippen LogP contribution in [0.4, 0.5) is 0 Å². The molecule has 80 valence electrons. The van der Waals surface area contributed by atoms with Crippen molar-refractivity contribution < 1.29 is 10.2 Å². The van der Waals surface area contributed by atoms with Gasteiger partial charge in [0, 0.05) is 18.0 Å². The Morgan fingerprint density at radius 1 is 1.57 bits per heavy atom. The van der Waals surface area contributed by atoms with Crippen LogP contribution >= 0.6 is 11.3 Å². The van der Waals surface area contributed by atoms with Crippen molar-refractivity contribution in [3.05, 3.63) is 21.9 Å². The summed E-state index contributed by atoms with van der Waals surface area (Å²) in [6, 6.07) is 2.13. The van der Waals surface area contributed by atoms with Crippen LogP contribution in [-0.4, -0.2) is 29.5 Å². The Kier molecular flexibility index (Phi) is 5.11. The van der Waals surface area contributed by atoms with Crippen molar-refractivity contribution in [3.8, 4) is 0 Å². The van der Waals surface area contributed by atoms with Gasteiger partial charge in [0.05, 0.1) is 12.7 Å². The summed E-state index contributed by atoms with van der Waals surface area (Å²) in [5.74, 6) is 0. The molecule has 1 atom stereocenters. The molecule has 0 aliphatic rings. The van der Waals surface area contributed by atoms with Gasteiger partial charge in [-0.1, -0.05) is 6.92 Å². The number of thiophene rings is 1. The van der Waals surface area contributed by atoms with E-state index < -0.39 is 6.10 Å². The van der Waals surface area contributed by atoms with Crippen LogP contribution in [0.1, 0.15) is 17.4 Å². The quantitative estimate of drug-likeness (QED) is 0.656. The lowest BCUT2D eigenvalue weighted by Crippen LogP contribution is -2.28. The van der Waals surface area contributed by atoms with E-state index in [0.29, 0.717) is 6.54 Å². The summed E-state index contributed by atoms with van der Waals surface area (Å²) in [5.41, 5.74) is 1.36. The first-order chi connectivity index (χ1) is 6.77. The summed E-state index contributed by atoms with van der Waals surface area (Å²) < 4.78 is 0. The molecule has 3 N–H and O–H groups in total. The number of aliphatic hydroxyl groups excluding tert-OH is 2. The fourth-order valence-corrected chi connectivity index (χ4v) is 2.20. The molecular weight excluding hydrogens is 198 g/mol. The fourth-order valence-electron chi connectivity index (χ4n) is 1.25. The summed E-state index contributed by atoms with van der Waals surface area (Å²) in [5, 5.41) is 22.9. The molecule has 14 heavy (non-hydrogen) atoms. The van der Waals surface area contributed by atoms with Crippen LogP contribution in [0.5, 0.6) is 0 Å². The smallest absolute Gasteiger partial charge is 0.0895 e. The summed E-state index contributed by atoms with van der Waals surface area (Å²) in [4.78, 5) is 1.32. The number of aliphatic hydroxyl groups is 2. The van der Waals surface area contributed by atoms with E-state index in [1.54, 1.807) is 11.3 Å². The molecule has 0 aliphatic carbocycles. The highest BCUT2D eigenvalue weighted by atomic mass is 32.1. The number of aryl methyl sites for hydroxylation is 1. The number of hydrogen-bond donors (Lipinski definition) is 3. The van der Waals surface area contributed by atoms with Gasteiger partial charge < -0.3 is 15.5 Å². The molecule has 0 radical (unpaired) electrons. The Morgan fingerprint density at radius 2 is 2.36 bits per heavy atom. The Labute approximate surface area is 88.4 Å². The molecule has 0 spiro atoms. The minimum atomic E-state index is -0.653. The van der Waals surface area contributed by atoms with Crippen LogP contribution < -0.4 is 5.32 Å². The van der Waals surface area contributed by atoms with Gasteiger partial charge in [0.2, 0.25) is 0 Å². The lowest BCUT2D eigenvalue weighted by atomic mass is 10.2. The molecule has 3 nitrogen and oxygen atoms in total. The van der Waals surface area contributed by atoms with Crippen molar-refractivity contribution in [2.75, 3.05) is 13.2 Å². The monoisotopic (exact) mass is 215 g/mol. The van der Waals surface area contributed by atoms with E-state index >= 15 is 0 Å². The Hall–Kier alpha value is -0.420. The van der Waals surface area contributed by atoms with Crippen molar-refractivity contribution in [3.63, 3.8) is 0 Å². The van der Waals surface area contributed by atoms with Crippen LogP contribution in [0.3, 0.4) is 0 Å². The van der Waals surface area contributed by atoms with E-state index in [9.17, 15) is 0 Å². The maximum absolute atomic E-state index is 9.10. The maximum Gasteiger partial charge on any atom is 0.0895 e. The van der Waals surface area contributed by atoms with Crippen LogP contribution in [-0.2, 0) is 13.0 Å². The molecule has 1 aromatic rings. The van der Waals surface area contributed by atoms with E-state index in [1.165, 1.54) is 10.4 Å². The van der Waals surface area contributed by atoms with Gasteiger partial charge in [-0.2, -0.15) is 0 Å². The SMILES string of the molecule is CCc1ccsc1CNC[C@H](O)CO. The van der Waals surface area contributed by atoms with E-state index in [2.05, 4.69) is 23.7 Å². The second-order valence-corrected chi connectivity index (χ2v) is 4.19. The highest BCUT2D eigenvalue weighted by molar-refractivity contribution is 7.10. The van der Waals surface area contributed by atoms with Crippen LogP contribution in [0.2, 0.25) is 0 Å². The standard InChI is InChI=1S/C10H17NO2S/c1-2-8-3-4-14-10(8)6-11-5-9(13)7-12/h3-4,9,11-13H,2,5-7H2,1H3/t9-/m0/s1. The molecular formula is C10H17NO2S. The van der Waals surface area contributed by atoms with Gasteiger partial charge in [-0.25, -0.2) is 0 Å². The van der Waals surface area contributed by atoms with Crippen molar-refractivity contribution in [2.24, 2.45) is 0 Å². The van der Waals surface area contributed by atoms with Crippen molar-refractivity contribution >= 4 is 11.3 Å². The van der Waals surface area contributed by atoms with Gasteiger partial charge in [0.25, 0.3) is 0 Å². The molecule has 1 aromatic heterocycles. The molecule has 0 saturated heterocycles. The van der Waals surface area contributed by atoms with Gasteiger partial charge in [0.1, 0.15) is 0 Å². The van der Waals surface area contributed by atoms with Gasteiger partial charge in [0.15, 0.2) is 0 Å². The fraction of sp³-hybridized carbons (Fsp3) is 0.600. The first-order valence-electron chi connectivity index (χ1n) is 4.82. The highest BCUT2D eigenvalue weighted by Crippen LogP contribution is 2.16. The molecule has 0 amide bonds. The lowest BCUT2D eigenvalue weighted by Gasteiger charge is -2.08. The zero-order chi connectivity index (χ0) is 10.4. The lowest BCUT2D eigenvalue weighted by molar-refractivity contribution is 0.0943. The third kappa shape index (κ3) is 3.38. The molecule has 0 saturated carbocycles. The van der Waals surface area contributed by atoms with E-state index in [1.807, 2.05) is 0 Å². The highest BCUT2D eigenvalue weighted by Gasteiger charge is 2.04. The predicted octanol–water partition coefficient (Wildman–Crippen LogP) is 0.753. The zero-order valence-corrected chi connectivity index (χ0v) is 9.18. The van der Waals surface area contributed by atoms with Gasteiger partial charge in [-0.3, -0.25) is 0 Å². The Bertz CT molecular complexity index is 262. The zero-order valence-electron chi connectivity index (χ0n) is 8.36. The minimum absolute atomic E-state index is 0.182. The third-order valence-electron chi connectivity index (χ3n) is 2.09. The average molecular weight is 215 g/mol. The summed E-state index contributed by atoms with van der Waals surface area (Å²) in [6.07, 6.45) is 0.392. The van der Waals surface area contributed by atoms with Crippen LogP contribution in [0.25, 0.3) is 0 Å². The third-order valence-corrected chi connectivity index (χ3v) is 3.06. The summed E-state index contributed by atoms with van der Waals surface area (Å²) in [7, 11) is 0. The van der Waals surface area contributed by atoms with E-state index in [4.69, 9.17) is 10.2 Å². The normalized spacial score (nSPS) is 13.1. The van der Waals surface area contributed by atoms with Gasteiger partial charge in [-0.05, 0) is 23.4 Å². The second kappa shape index (κ2) is 6.14. The maximum atomic E-state index is 9.10. The van der Waals surface area contributed by atoms with Crippen molar-refractivity contribution in [1.82, 2.24) is 5.32 Å². The van der Waals surface area contributed by atoms with E-state index in [-0.39, 0.29) is 6.61 Å². The van der Waals surface area contributed by atoms with Crippen LogP contribution in [0, 0.1) is 0 Å². The second-order valence-electron chi connectivity index (χ2n) is 3.19. The Balaban J connectivity index is 2.31. The Morgan fingerprint density at radius 3 is 3.00 bits per heavy atom.